The summed E-state index contributed by atoms with van der Waals surface area (Å²) in [6, 6.07) is 21.7. The van der Waals surface area contributed by atoms with Crippen LogP contribution in [-0.4, -0.2) is 50.0 Å². The SMILES string of the molecule is CC[C@H](C)NC(=O)[C@@H](Cc1ccccc1)N(Cc1cccc(Cl)c1)C(=O)CN(c1cccc(Cl)c1)S(C)(=O)=O. The minimum atomic E-state index is -3.87. The van der Waals surface area contributed by atoms with Gasteiger partial charge in [0.2, 0.25) is 21.8 Å². The van der Waals surface area contributed by atoms with Crippen LogP contribution >= 0.6 is 23.2 Å². The summed E-state index contributed by atoms with van der Waals surface area (Å²) in [7, 11) is -3.87. The van der Waals surface area contributed by atoms with E-state index in [0.717, 1.165) is 16.1 Å². The molecule has 0 unspecified atom stereocenters. The molecule has 208 valence electrons. The Morgan fingerprint density at radius 3 is 2.10 bits per heavy atom. The third-order valence-electron chi connectivity index (χ3n) is 6.29. The van der Waals surface area contributed by atoms with Crippen LogP contribution in [0.1, 0.15) is 31.4 Å². The Morgan fingerprint density at radius 2 is 1.51 bits per heavy atom. The van der Waals surface area contributed by atoms with Crippen LogP contribution in [0.2, 0.25) is 10.0 Å². The zero-order chi connectivity index (χ0) is 28.6. The Morgan fingerprint density at radius 1 is 0.897 bits per heavy atom. The van der Waals surface area contributed by atoms with Crippen LogP contribution in [0.3, 0.4) is 0 Å². The molecule has 2 atom stereocenters. The lowest BCUT2D eigenvalue weighted by atomic mass is 10.0. The largest absolute Gasteiger partial charge is 0.352 e. The number of anilines is 1. The number of amides is 2. The highest BCUT2D eigenvalue weighted by Gasteiger charge is 2.33. The van der Waals surface area contributed by atoms with Crippen LogP contribution in [-0.2, 0) is 32.6 Å². The fraction of sp³-hybridized carbons (Fsp3) is 0.310. The van der Waals surface area contributed by atoms with E-state index in [1.807, 2.05) is 50.2 Å². The Labute approximate surface area is 240 Å². The van der Waals surface area contributed by atoms with Crippen LogP contribution in [0.4, 0.5) is 5.69 Å². The van der Waals surface area contributed by atoms with E-state index in [-0.39, 0.29) is 30.6 Å². The van der Waals surface area contributed by atoms with E-state index in [1.54, 1.807) is 36.4 Å². The number of halogens is 2. The fourth-order valence-corrected chi connectivity index (χ4v) is 5.31. The molecule has 0 aliphatic heterocycles. The maximum atomic E-state index is 14.0. The van der Waals surface area contributed by atoms with E-state index in [0.29, 0.717) is 22.0 Å². The molecule has 3 aromatic rings. The van der Waals surface area contributed by atoms with Gasteiger partial charge in [0.15, 0.2) is 0 Å². The molecule has 0 aliphatic carbocycles. The molecule has 0 spiro atoms. The first kappa shape index (κ1) is 30.5. The first-order valence-corrected chi connectivity index (χ1v) is 15.2. The maximum absolute atomic E-state index is 14.0. The Balaban J connectivity index is 2.06. The molecular formula is C29H33Cl2N3O4S. The molecule has 10 heteroatoms. The van der Waals surface area contributed by atoms with Gasteiger partial charge < -0.3 is 10.2 Å². The van der Waals surface area contributed by atoms with E-state index in [1.165, 1.54) is 11.0 Å². The summed E-state index contributed by atoms with van der Waals surface area (Å²) in [5.41, 5.74) is 1.82. The van der Waals surface area contributed by atoms with Crippen molar-refractivity contribution in [1.29, 1.82) is 0 Å². The van der Waals surface area contributed by atoms with Crippen molar-refractivity contribution in [2.45, 2.75) is 45.3 Å². The lowest BCUT2D eigenvalue weighted by Gasteiger charge is -2.34. The van der Waals surface area contributed by atoms with Gasteiger partial charge in [0, 0.05) is 29.1 Å². The summed E-state index contributed by atoms with van der Waals surface area (Å²) in [6.07, 6.45) is 1.98. The van der Waals surface area contributed by atoms with Gasteiger partial charge >= 0.3 is 0 Å². The molecule has 7 nitrogen and oxygen atoms in total. The minimum absolute atomic E-state index is 0.0535. The maximum Gasteiger partial charge on any atom is 0.244 e. The average Bonchev–Trinajstić information content (AvgIpc) is 2.89. The van der Waals surface area contributed by atoms with E-state index >= 15 is 0 Å². The normalized spacial score (nSPS) is 12.8. The van der Waals surface area contributed by atoms with Gasteiger partial charge in [0.1, 0.15) is 12.6 Å². The average molecular weight is 591 g/mol. The summed E-state index contributed by atoms with van der Waals surface area (Å²) < 4.78 is 26.6. The molecular weight excluding hydrogens is 557 g/mol. The second-order valence-electron chi connectivity index (χ2n) is 9.42. The fourth-order valence-electron chi connectivity index (χ4n) is 4.07. The van der Waals surface area contributed by atoms with Crippen molar-refractivity contribution in [2.75, 3.05) is 17.1 Å². The molecule has 0 saturated heterocycles. The van der Waals surface area contributed by atoms with Crippen molar-refractivity contribution < 1.29 is 18.0 Å². The lowest BCUT2D eigenvalue weighted by Crippen LogP contribution is -2.54. The predicted octanol–water partition coefficient (Wildman–Crippen LogP) is 5.31. The zero-order valence-electron chi connectivity index (χ0n) is 22.2. The number of carbonyl (C=O) groups excluding carboxylic acids is 2. The summed E-state index contributed by atoms with van der Waals surface area (Å²) >= 11 is 12.3. The quantitative estimate of drug-likeness (QED) is 0.310. The van der Waals surface area contributed by atoms with Crippen LogP contribution < -0.4 is 9.62 Å². The summed E-state index contributed by atoms with van der Waals surface area (Å²) in [5.74, 6) is -0.863. The molecule has 0 saturated carbocycles. The van der Waals surface area contributed by atoms with E-state index in [9.17, 15) is 18.0 Å². The minimum Gasteiger partial charge on any atom is -0.352 e. The molecule has 3 aromatic carbocycles. The Bertz CT molecular complexity index is 1390. The zero-order valence-corrected chi connectivity index (χ0v) is 24.5. The van der Waals surface area contributed by atoms with Crippen molar-refractivity contribution in [1.82, 2.24) is 10.2 Å². The summed E-state index contributed by atoms with van der Waals surface area (Å²) in [4.78, 5) is 29.1. The van der Waals surface area contributed by atoms with Gasteiger partial charge in [0.25, 0.3) is 0 Å². The number of benzene rings is 3. The third kappa shape index (κ3) is 8.98. The van der Waals surface area contributed by atoms with Crippen molar-refractivity contribution in [3.05, 3.63) is 100 Å². The van der Waals surface area contributed by atoms with Gasteiger partial charge in [-0.05, 0) is 54.8 Å². The number of sulfonamides is 1. The van der Waals surface area contributed by atoms with Crippen LogP contribution in [0.15, 0.2) is 78.9 Å². The first-order chi connectivity index (χ1) is 18.5. The second-order valence-corrected chi connectivity index (χ2v) is 12.2. The van der Waals surface area contributed by atoms with Crippen LogP contribution in [0, 0.1) is 0 Å². The molecule has 0 bridgehead atoms. The highest BCUT2D eigenvalue weighted by atomic mass is 35.5. The molecule has 2 amide bonds. The topological polar surface area (TPSA) is 86.8 Å². The lowest BCUT2D eigenvalue weighted by molar-refractivity contribution is -0.140. The van der Waals surface area contributed by atoms with Gasteiger partial charge in [-0.2, -0.15) is 0 Å². The molecule has 1 N–H and O–H groups in total. The number of rotatable bonds is 12. The smallest absolute Gasteiger partial charge is 0.244 e. The summed E-state index contributed by atoms with van der Waals surface area (Å²) in [6.45, 7) is 3.39. The van der Waals surface area contributed by atoms with Crippen molar-refractivity contribution in [3.8, 4) is 0 Å². The number of nitrogens with zero attached hydrogens (tertiary/aromatic N) is 2. The van der Waals surface area contributed by atoms with Gasteiger partial charge in [-0.1, -0.05) is 78.7 Å². The molecule has 0 fully saturated rings. The van der Waals surface area contributed by atoms with Gasteiger partial charge in [-0.3, -0.25) is 13.9 Å². The molecule has 3 rings (SSSR count). The second kappa shape index (κ2) is 13.8. The van der Waals surface area contributed by atoms with Crippen molar-refractivity contribution in [3.63, 3.8) is 0 Å². The number of carbonyl (C=O) groups is 2. The van der Waals surface area contributed by atoms with E-state index < -0.39 is 28.5 Å². The van der Waals surface area contributed by atoms with E-state index in [4.69, 9.17) is 23.2 Å². The van der Waals surface area contributed by atoms with Crippen LogP contribution in [0.25, 0.3) is 0 Å². The molecule has 39 heavy (non-hydrogen) atoms. The van der Waals surface area contributed by atoms with Crippen molar-refractivity contribution in [2.24, 2.45) is 0 Å². The molecule has 0 aliphatic rings. The van der Waals surface area contributed by atoms with E-state index in [2.05, 4.69) is 5.32 Å². The van der Waals surface area contributed by atoms with Gasteiger partial charge in [-0.15, -0.1) is 0 Å². The standard InChI is InChI=1S/C29H33Cl2N3O4S/c1-4-21(2)32-29(36)27(17-22-10-6-5-7-11-22)33(19-23-12-8-13-24(30)16-23)28(35)20-34(39(3,37)38)26-15-9-14-25(31)18-26/h5-16,18,21,27H,4,17,19-20H2,1-3H3,(H,32,36)/t21-,27+/m0/s1. The van der Waals surface area contributed by atoms with Gasteiger partial charge in [-0.25, -0.2) is 8.42 Å². The highest BCUT2D eigenvalue weighted by Crippen LogP contribution is 2.23. The number of nitrogens with one attached hydrogen (secondary N) is 1. The molecule has 0 heterocycles. The van der Waals surface area contributed by atoms with Gasteiger partial charge in [0.05, 0.1) is 11.9 Å². The van der Waals surface area contributed by atoms with Crippen molar-refractivity contribution >= 4 is 50.7 Å². The first-order valence-electron chi connectivity index (χ1n) is 12.6. The third-order valence-corrected chi connectivity index (χ3v) is 7.90. The monoisotopic (exact) mass is 589 g/mol. The van der Waals surface area contributed by atoms with Crippen LogP contribution in [0.5, 0.6) is 0 Å². The number of hydrogen-bond donors (Lipinski definition) is 1. The highest BCUT2D eigenvalue weighted by molar-refractivity contribution is 7.92. The number of hydrogen-bond acceptors (Lipinski definition) is 4. The predicted molar refractivity (Wildman–Crippen MR) is 157 cm³/mol. The summed E-state index contributed by atoms with van der Waals surface area (Å²) in [5, 5.41) is 3.82. The molecule has 0 radical (unpaired) electrons. The molecule has 0 aromatic heterocycles. The Kier molecular flexibility index (Phi) is 10.8. The Hall–Kier alpha value is -3.07.